The molecular weight excluding hydrogens is 278 g/mol. The molecule has 4 rings (SSSR count). The van der Waals surface area contributed by atoms with E-state index in [4.69, 9.17) is 0 Å². The zero-order valence-electron chi connectivity index (χ0n) is 11.6. The molecule has 0 radical (unpaired) electrons. The van der Waals surface area contributed by atoms with Gasteiger partial charge in [-0.3, -0.25) is 4.90 Å². The van der Waals surface area contributed by atoms with Crippen LogP contribution in [0.1, 0.15) is 19.8 Å². The number of carbonyl (C=O) groups excluding carboxylic acids is 1. The van der Waals surface area contributed by atoms with Crippen molar-refractivity contribution in [3.63, 3.8) is 0 Å². The molecule has 2 N–H and O–H groups in total. The molecule has 2 bridgehead atoms. The molecule has 0 aromatic heterocycles. The van der Waals surface area contributed by atoms with Crippen molar-refractivity contribution in [1.82, 2.24) is 15.1 Å². The number of aliphatic carboxylic acids is 1. The van der Waals surface area contributed by atoms with Crippen molar-refractivity contribution in [3.8, 4) is 0 Å². The van der Waals surface area contributed by atoms with E-state index >= 15 is 0 Å². The summed E-state index contributed by atoms with van der Waals surface area (Å²) in [7, 11) is 0. The number of carboxylic acids is 1. The molecule has 3 unspecified atom stereocenters. The number of rotatable bonds is 2. The second-order valence-electron chi connectivity index (χ2n) is 5.89. The smallest absolute Gasteiger partial charge is 0.327 e. The number of fused-ring (bicyclic) bond motifs is 3. The minimum atomic E-state index is -0.911. The van der Waals surface area contributed by atoms with E-state index in [0.29, 0.717) is 11.7 Å². The Kier molecular flexibility index (Phi) is 3.81. The van der Waals surface area contributed by atoms with Gasteiger partial charge in [0.05, 0.1) is 5.37 Å². The maximum atomic E-state index is 12.4. The number of nitrogens with zero attached hydrogens (tertiary/aromatic N) is 2. The largest absolute Gasteiger partial charge is 0.480 e. The van der Waals surface area contributed by atoms with Gasteiger partial charge in [-0.1, -0.05) is 0 Å². The van der Waals surface area contributed by atoms with Crippen molar-refractivity contribution >= 4 is 23.8 Å². The molecule has 7 heteroatoms. The van der Waals surface area contributed by atoms with E-state index in [2.05, 4.69) is 10.2 Å². The Bertz CT molecular complexity index is 412. The van der Waals surface area contributed by atoms with Gasteiger partial charge in [-0.05, 0) is 38.8 Å². The third kappa shape index (κ3) is 2.48. The van der Waals surface area contributed by atoms with E-state index in [1.165, 1.54) is 16.7 Å². The highest BCUT2D eigenvalue weighted by atomic mass is 32.2. The van der Waals surface area contributed by atoms with Crippen molar-refractivity contribution in [2.75, 3.05) is 25.4 Å². The average molecular weight is 299 g/mol. The fourth-order valence-corrected chi connectivity index (χ4v) is 4.67. The van der Waals surface area contributed by atoms with E-state index in [1.54, 1.807) is 0 Å². The molecule has 4 fully saturated rings. The van der Waals surface area contributed by atoms with E-state index in [9.17, 15) is 14.7 Å². The van der Waals surface area contributed by atoms with Gasteiger partial charge < -0.3 is 15.3 Å². The molecule has 0 aromatic rings. The Morgan fingerprint density at radius 1 is 1.30 bits per heavy atom. The highest BCUT2D eigenvalue weighted by Crippen LogP contribution is 2.31. The number of amides is 2. The topological polar surface area (TPSA) is 72.9 Å². The molecule has 0 saturated carbocycles. The molecule has 112 valence electrons. The number of thioether (sulfide) groups is 1. The second kappa shape index (κ2) is 5.44. The highest BCUT2D eigenvalue weighted by molar-refractivity contribution is 8.00. The minimum absolute atomic E-state index is 0.0721. The molecule has 2 amide bonds. The first-order valence-corrected chi connectivity index (χ1v) is 8.26. The third-order valence-corrected chi connectivity index (χ3v) is 5.93. The fraction of sp³-hybridized carbons (Fsp3) is 0.846. The van der Waals surface area contributed by atoms with Crippen LogP contribution in [0.15, 0.2) is 0 Å². The van der Waals surface area contributed by atoms with Crippen LogP contribution in [0.3, 0.4) is 0 Å². The standard InChI is InChI=1S/C13H21N3O3S/c1-8-16(11(7-20-8)12(17)18)13(19)14-10-6-15-4-2-9(10)3-5-15/h8-11H,2-7H2,1H3,(H,14,19)(H,17,18). The molecular formula is C13H21N3O3S. The van der Waals surface area contributed by atoms with Crippen molar-refractivity contribution in [2.45, 2.75) is 37.2 Å². The molecule has 0 aliphatic carbocycles. The van der Waals surface area contributed by atoms with Crippen LogP contribution in [0, 0.1) is 5.92 Å². The van der Waals surface area contributed by atoms with Gasteiger partial charge in [-0.2, -0.15) is 0 Å². The van der Waals surface area contributed by atoms with E-state index < -0.39 is 12.0 Å². The monoisotopic (exact) mass is 299 g/mol. The predicted molar refractivity (Wildman–Crippen MR) is 76.7 cm³/mol. The average Bonchev–Trinajstić information content (AvgIpc) is 2.82. The summed E-state index contributed by atoms with van der Waals surface area (Å²) in [6.45, 7) is 5.06. The Hall–Kier alpha value is -0.950. The van der Waals surface area contributed by atoms with Gasteiger partial charge in [0.1, 0.15) is 6.04 Å². The first kappa shape index (κ1) is 14.0. The van der Waals surface area contributed by atoms with Gasteiger partial charge in [0.15, 0.2) is 0 Å². The summed E-state index contributed by atoms with van der Waals surface area (Å²) in [5, 5.41) is 12.2. The molecule has 4 aliphatic rings. The Morgan fingerprint density at radius 3 is 2.55 bits per heavy atom. The summed E-state index contributed by atoms with van der Waals surface area (Å²) < 4.78 is 0. The van der Waals surface area contributed by atoms with Gasteiger partial charge >= 0.3 is 12.0 Å². The molecule has 4 aliphatic heterocycles. The van der Waals surface area contributed by atoms with Crippen LogP contribution in [-0.2, 0) is 4.79 Å². The number of nitrogens with one attached hydrogen (secondary N) is 1. The maximum Gasteiger partial charge on any atom is 0.327 e. The lowest BCUT2D eigenvalue weighted by Gasteiger charge is -2.45. The molecule has 0 spiro atoms. The summed E-state index contributed by atoms with van der Waals surface area (Å²) in [5.41, 5.74) is 0. The normalized spacial score (nSPS) is 39.9. The summed E-state index contributed by atoms with van der Waals surface area (Å²) in [6, 6.07) is -0.734. The predicted octanol–water partition coefficient (Wildman–Crippen LogP) is 0.638. The number of urea groups is 1. The second-order valence-corrected chi connectivity index (χ2v) is 7.24. The number of hydrogen-bond donors (Lipinski definition) is 2. The van der Waals surface area contributed by atoms with E-state index in [0.717, 1.165) is 32.5 Å². The number of carbonyl (C=O) groups is 2. The van der Waals surface area contributed by atoms with Crippen LogP contribution in [0.4, 0.5) is 4.79 Å². The van der Waals surface area contributed by atoms with E-state index in [-0.39, 0.29) is 17.4 Å². The van der Waals surface area contributed by atoms with Crippen LogP contribution in [0.2, 0.25) is 0 Å². The molecule has 4 heterocycles. The zero-order chi connectivity index (χ0) is 14.3. The van der Waals surface area contributed by atoms with Gasteiger partial charge in [-0.25, -0.2) is 9.59 Å². The Morgan fingerprint density at radius 2 is 2.00 bits per heavy atom. The highest BCUT2D eigenvalue weighted by Gasteiger charge is 2.42. The summed E-state index contributed by atoms with van der Waals surface area (Å²) in [5.74, 6) is 0.119. The van der Waals surface area contributed by atoms with Crippen LogP contribution >= 0.6 is 11.8 Å². The number of carboxylic acid groups (broad SMARTS) is 1. The molecule has 20 heavy (non-hydrogen) atoms. The summed E-state index contributed by atoms with van der Waals surface area (Å²) >= 11 is 1.52. The molecule has 6 nitrogen and oxygen atoms in total. The van der Waals surface area contributed by atoms with Gasteiger partial charge in [0.2, 0.25) is 0 Å². The molecule has 0 aromatic carbocycles. The first-order chi connectivity index (χ1) is 9.56. The Labute approximate surface area is 122 Å². The lowest BCUT2D eigenvalue weighted by Crippen LogP contribution is -2.60. The van der Waals surface area contributed by atoms with Crippen LogP contribution in [0.5, 0.6) is 0 Å². The SMILES string of the molecule is CC1SCC(C(=O)O)N1C(=O)NC1CN2CCC1CC2. The van der Waals surface area contributed by atoms with E-state index in [1.807, 2.05) is 6.92 Å². The van der Waals surface area contributed by atoms with Gasteiger partial charge in [0, 0.05) is 18.3 Å². The Balaban J connectivity index is 1.65. The number of piperidine rings is 3. The van der Waals surface area contributed by atoms with Crippen LogP contribution in [-0.4, -0.2) is 69.8 Å². The third-order valence-electron chi connectivity index (χ3n) is 4.71. The zero-order valence-corrected chi connectivity index (χ0v) is 12.4. The van der Waals surface area contributed by atoms with Crippen molar-refractivity contribution < 1.29 is 14.7 Å². The molecule has 4 saturated heterocycles. The lowest BCUT2D eigenvalue weighted by atomic mass is 9.84. The van der Waals surface area contributed by atoms with Gasteiger partial charge in [0.25, 0.3) is 0 Å². The lowest BCUT2D eigenvalue weighted by molar-refractivity contribution is -0.141. The number of hydrogen-bond acceptors (Lipinski definition) is 4. The molecule has 3 atom stereocenters. The van der Waals surface area contributed by atoms with Crippen LogP contribution in [0.25, 0.3) is 0 Å². The maximum absolute atomic E-state index is 12.4. The van der Waals surface area contributed by atoms with Gasteiger partial charge in [-0.15, -0.1) is 11.8 Å². The van der Waals surface area contributed by atoms with Crippen molar-refractivity contribution in [2.24, 2.45) is 5.92 Å². The summed E-state index contributed by atoms with van der Waals surface area (Å²) in [6.07, 6.45) is 2.27. The van der Waals surface area contributed by atoms with Crippen LogP contribution < -0.4 is 5.32 Å². The van der Waals surface area contributed by atoms with Crippen molar-refractivity contribution in [1.29, 1.82) is 0 Å². The summed E-state index contributed by atoms with van der Waals surface area (Å²) in [4.78, 5) is 27.5. The minimum Gasteiger partial charge on any atom is -0.480 e. The quantitative estimate of drug-likeness (QED) is 0.783. The first-order valence-electron chi connectivity index (χ1n) is 7.22. The fourth-order valence-electron chi connectivity index (χ4n) is 3.50. The van der Waals surface area contributed by atoms with Crippen molar-refractivity contribution in [3.05, 3.63) is 0 Å².